The molecule has 1 fully saturated rings. The average molecular weight is 287 g/mol. The fraction of sp³-hybridized carbons (Fsp3) is 0.500. The number of rotatable bonds is 5. The lowest BCUT2D eigenvalue weighted by atomic mass is 10.1. The van der Waals surface area contributed by atoms with Crippen LogP contribution >= 0.6 is 11.3 Å². The molecule has 1 aromatic carbocycles. The Hall–Kier alpha value is -1.26. The van der Waals surface area contributed by atoms with E-state index in [-0.39, 0.29) is 6.04 Å². The topological polar surface area (TPSA) is 37.8 Å². The maximum absolute atomic E-state index is 4.46. The predicted octanol–water partition coefficient (Wildman–Crippen LogP) is 3.89. The van der Waals surface area contributed by atoms with E-state index in [2.05, 4.69) is 52.8 Å². The first kappa shape index (κ1) is 13.7. The standard InChI is InChI=1S/C16H21N3S/c1-2-17-14(12-8-4-3-5-9-12)16-19-18-15(20-16)13-10-6-7-11-13/h3-5,8-9,13-14,17H,2,6-7,10-11H2,1H3. The highest BCUT2D eigenvalue weighted by Gasteiger charge is 2.24. The van der Waals surface area contributed by atoms with Crippen LogP contribution < -0.4 is 5.32 Å². The van der Waals surface area contributed by atoms with Crippen molar-refractivity contribution >= 4 is 11.3 Å². The summed E-state index contributed by atoms with van der Waals surface area (Å²) in [5, 5.41) is 14.8. The van der Waals surface area contributed by atoms with Gasteiger partial charge in [0.2, 0.25) is 0 Å². The number of hydrogen-bond donors (Lipinski definition) is 1. The molecule has 1 N–H and O–H groups in total. The Morgan fingerprint density at radius 1 is 1.20 bits per heavy atom. The lowest BCUT2D eigenvalue weighted by Gasteiger charge is -2.15. The molecule has 3 rings (SSSR count). The van der Waals surface area contributed by atoms with Gasteiger partial charge in [-0.3, -0.25) is 0 Å². The van der Waals surface area contributed by atoms with Gasteiger partial charge in [-0.25, -0.2) is 0 Å². The molecule has 20 heavy (non-hydrogen) atoms. The third-order valence-electron chi connectivity index (χ3n) is 3.95. The van der Waals surface area contributed by atoms with Crippen molar-refractivity contribution in [2.75, 3.05) is 6.54 Å². The molecule has 0 bridgehead atoms. The first-order valence-corrected chi connectivity index (χ1v) is 8.31. The summed E-state index contributed by atoms with van der Waals surface area (Å²) in [6.07, 6.45) is 5.25. The summed E-state index contributed by atoms with van der Waals surface area (Å²) < 4.78 is 0. The van der Waals surface area contributed by atoms with Crippen molar-refractivity contribution in [3.8, 4) is 0 Å². The summed E-state index contributed by atoms with van der Waals surface area (Å²) in [5.74, 6) is 0.652. The fourth-order valence-corrected chi connectivity index (χ4v) is 4.02. The van der Waals surface area contributed by atoms with E-state index in [1.54, 1.807) is 11.3 Å². The van der Waals surface area contributed by atoms with E-state index in [4.69, 9.17) is 0 Å². The Balaban J connectivity index is 1.84. The molecule has 1 unspecified atom stereocenters. The van der Waals surface area contributed by atoms with E-state index in [0.29, 0.717) is 5.92 Å². The Labute approximate surface area is 124 Å². The number of benzene rings is 1. The molecular formula is C16H21N3S. The molecule has 0 radical (unpaired) electrons. The van der Waals surface area contributed by atoms with E-state index in [0.717, 1.165) is 11.6 Å². The Bertz CT molecular complexity index is 532. The summed E-state index contributed by atoms with van der Waals surface area (Å²) in [5.41, 5.74) is 1.27. The van der Waals surface area contributed by atoms with Crippen LogP contribution in [0.25, 0.3) is 0 Å². The summed E-state index contributed by atoms with van der Waals surface area (Å²) in [7, 11) is 0. The zero-order chi connectivity index (χ0) is 13.8. The Morgan fingerprint density at radius 2 is 1.95 bits per heavy atom. The van der Waals surface area contributed by atoms with Crippen molar-refractivity contribution in [3.05, 3.63) is 45.9 Å². The highest BCUT2D eigenvalue weighted by atomic mass is 32.1. The SMILES string of the molecule is CCNC(c1ccccc1)c1nnc(C2CCCC2)s1. The molecule has 0 saturated heterocycles. The minimum absolute atomic E-state index is 0.175. The van der Waals surface area contributed by atoms with Crippen molar-refractivity contribution in [1.29, 1.82) is 0 Å². The lowest BCUT2D eigenvalue weighted by molar-refractivity contribution is 0.619. The summed E-state index contributed by atoms with van der Waals surface area (Å²) in [6.45, 7) is 3.06. The van der Waals surface area contributed by atoms with Crippen LogP contribution in [0.15, 0.2) is 30.3 Å². The predicted molar refractivity (Wildman–Crippen MR) is 83.1 cm³/mol. The van der Waals surface area contributed by atoms with Gasteiger partial charge in [-0.2, -0.15) is 0 Å². The summed E-state index contributed by atoms with van der Waals surface area (Å²) >= 11 is 1.79. The molecule has 1 atom stereocenters. The van der Waals surface area contributed by atoms with Crippen LogP contribution in [0.1, 0.15) is 60.1 Å². The van der Waals surface area contributed by atoms with E-state index in [1.165, 1.54) is 36.3 Å². The second kappa shape index (κ2) is 6.46. The largest absolute Gasteiger partial charge is 0.304 e. The highest BCUT2D eigenvalue weighted by Crippen LogP contribution is 2.37. The molecule has 3 nitrogen and oxygen atoms in total. The molecular weight excluding hydrogens is 266 g/mol. The van der Waals surface area contributed by atoms with Gasteiger partial charge in [-0.1, -0.05) is 61.4 Å². The van der Waals surface area contributed by atoms with Gasteiger partial charge in [-0.05, 0) is 24.9 Å². The first-order valence-electron chi connectivity index (χ1n) is 7.50. The van der Waals surface area contributed by atoms with Crippen molar-refractivity contribution in [2.45, 2.75) is 44.6 Å². The van der Waals surface area contributed by atoms with Crippen molar-refractivity contribution in [2.24, 2.45) is 0 Å². The van der Waals surface area contributed by atoms with Crippen LogP contribution in [0, 0.1) is 0 Å². The van der Waals surface area contributed by atoms with Crippen LogP contribution in [0.2, 0.25) is 0 Å². The summed E-state index contributed by atoms with van der Waals surface area (Å²) in [4.78, 5) is 0. The molecule has 106 valence electrons. The van der Waals surface area contributed by atoms with Gasteiger partial charge in [0.25, 0.3) is 0 Å². The monoisotopic (exact) mass is 287 g/mol. The smallest absolute Gasteiger partial charge is 0.139 e. The van der Waals surface area contributed by atoms with E-state index in [9.17, 15) is 0 Å². The molecule has 1 aliphatic rings. The van der Waals surface area contributed by atoms with E-state index in [1.807, 2.05) is 0 Å². The Kier molecular flexibility index (Phi) is 4.43. The van der Waals surface area contributed by atoms with Gasteiger partial charge in [0, 0.05) is 5.92 Å². The number of nitrogens with zero attached hydrogens (tertiary/aromatic N) is 2. The molecule has 1 saturated carbocycles. The second-order valence-corrected chi connectivity index (χ2v) is 6.40. The van der Waals surface area contributed by atoms with Gasteiger partial charge in [0.05, 0.1) is 6.04 Å². The molecule has 1 heterocycles. The minimum atomic E-state index is 0.175. The van der Waals surface area contributed by atoms with Crippen LogP contribution in [-0.4, -0.2) is 16.7 Å². The number of nitrogens with one attached hydrogen (secondary N) is 1. The normalized spacial score (nSPS) is 17.4. The molecule has 2 aromatic rings. The van der Waals surface area contributed by atoms with Crippen LogP contribution in [0.5, 0.6) is 0 Å². The minimum Gasteiger partial charge on any atom is -0.304 e. The van der Waals surface area contributed by atoms with Gasteiger partial charge >= 0.3 is 0 Å². The highest BCUT2D eigenvalue weighted by molar-refractivity contribution is 7.11. The van der Waals surface area contributed by atoms with E-state index >= 15 is 0 Å². The zero-order valence-electron chi connectivity index (χ0n) is 11.9. The van der Waals surface area contributed by atoms with Crippen LogP contribution in [0.3, 0.4) is 0 Å². The molecule has 1 aliphatic carbocycles. The van der Waals surface area contributed by atoms with Gasteiger partial charge in [-0.15, -0.1) is 10.2 Å². The third kappa shape index (κ3) is 2.91. The molecule has 4 heteroatoms. The van der Waals surface area contributed by atoms with Gasteiger partial charge < -0.3 is 5.32 Å². The fourth-order valence-electron chi connectivity index (χ4n) is 2.90. The van der Waals surface area contributed by atoms with Gasteiger partial charge in [0.15, 0.2) is 0 Å². The molecule has 1 aromatic heterocycles. The van der Waals surface area contributed by atoms with Crippen molar-refractivity contribution in [3.63, 3.8) is 0 Å². The quantitative estimate of drug-likeness (QED) is 0.906. The molecule has 0 aliphatic heterocycles. The van der Waals surface area contributed by atoms with Crippen molar-refractivity contribution < 1.29 is 0 Å². The summed E-state index contributed by atoms with van der Waals surface area (Å²) in [6, 6.07) is 10.7. The van der Waals surface area contributed by atoms with Crippen molar-refractivity contribution in [1.82, 2.24) is 15.5 Å². The van der Waals surface area contributed by atoms with Crippen LogP contribution in [0.4, 0.5) is 0 Å². The number of hydrogen-bond acceptors (Lipinski definition) is 4. The second-order valence-electron chi connectivity index (χ2n) is 5.36. The van der Waals surface area contributed by atoms with E-state index < -0.39 is 0 Å². The van der Waals surface area contributed by atoms with Crippen LogP contribution in [-0.2, 0) is 0 Å². The maximum Gasteiger partial charge on any atom is 0.139 e. The average Bonchev–Trinajstić information content (AvgIpc) is 3.16. The Morgan fingerprint density at radius 3 is 2.65 bits per heavy atom. The zero-order valence-corrected chi connectivity index (χ0v) is 12.7. The maximum atomic E-state index is 4.46. The first-order chi connectivity index (χ1) is 9.88. The number of aromatic nitrogens is 2. The molecule has 0 amide bonds. The lowest BCUT2D eigenvalue weighted by Crippen LogP contribution is -2.21. The third-order valence-corrected chi connectivity index (χ3v) is 5.10. The van der Waals surface area contributed by atoms with Gasteiger partial charge in [0.1, 0.15) is 10.0 Å². The molecule has 0 spiro atoms.